The van der Waals surface area contributed by atoms with E-state index in [0.29, 0.717) is 6.42 Å². The molecule has 0 aromatic heterocycles. The minimum absolute atomic E-state index is 0.0269. The smallest absolute Gasteiger partial charge is 0.329 e. The Morgan fingerprint density at radius 2 is 1.69 bits per heavy atom. The van der Waals surface area contributed by atoms with Gasteiger partial charge in [0.2, 0.25) is 0 Å². The molecule has 1 fully saturated rings. The average molecular weight is 428 g/mol. The number of esters is 1. The number of nitrogen functional groups attached to an aromatic ring is 1. The number of piperidine rings is 1. The van der Waals surface area contributed by atoms with Crippen molar-refractivity contribution in [3.63, 3.8) is 0 Å². The Hall–Kier alpha value is -3.31. The number of nitrogens with two attached hydrogens (primary N) is 1. The summed E-state index contributed by atoms with van der Waals surface area (Å²) in [6.45, 7) is 2.71. The Bertz CT molecular complexity index is 1080. The van der Waals surface area contributed by atoms with Crippen LogP contribution in [0.15, 0.2) is 78.9 Å². The molecule has 0 spiro atoms. The van der Waals surface area contributed by atoms with E-state index in [1.165, 1.54) is 11.1 Å². The maximum Gasteiger partial charge on any atom is 0.329 e. The molecule has 0 amide bonds. The van der Waals surface area contributed by atoms with Crippen molar-refractivity contribution in [1.29, 1.82) is 0 Å². The molecule has 1 atom stereocenters. The summed E-state index contributed by atoms with van der Waals surface area (Å²) in [5.74, 6) is -0.126. The highest BCUT2D eigenvalue weighted by Crippen LogP contribution is 2.38. The van der Waals surface area contributed by atoms with E-state index in [9.17, 15) is 4.79 Å². The van der Waals surface area contributed by atoms with Crippen LogP contribution in [0.3, 0.4) is 0 Å². The van der Waals surface area contributed by atoms with Crippen LogP contribution < -0.4 is 10.6 Å². The monoisotopic (exact) mass is 427 g/mol. The summed E-state index contributed by atoms with van der Waals surface area (Å²) in [5, 5.41) is 0. The van der Waals surface area contributed by atoms with E-state index in [0.717, 1.165) is 49.5 Å². The molecule has 1 unspecified atom stereocenters. The molecular formula is C27H29N3O2. The van der Waals surface area contributed by atoms with E-state index >= 15 is 0 Å². The van der Waals surface area contributed by atoms with Crippen LogP contribution in [0, 0.1) is 0 Å². The fourth-order valence-electron chi connectivity index (χ4n) is 4.86. The number of likely N-dealkylation sites (tertiary alicyclic amines) is 1. The second-order valence-electron chi connectivity index (χ2n) is 8.71. The number of anilines is 3. The summed E-state index contributed by atoms with van der Waals surface area (Å²) in [7, 11) is 0. The van der Waals surface area contributed by atoms with Crippen LogP contribution in [-0.2, 0) is 22.5 Å². The lowest BCUT2D eigenvalue weighted by molar-refractivity contribution is -0.152. The van der Waals surface area contributed by atoms with Crippen LogP contribution in [0.1, 0.15) is 24.0 Å². The number of hydrogen-bond acceptors (Lipinski definition) is 5. The van der Waals surface area contributed by atoms with Crippen molar-refractivity contribution >= 4 is 23.0 Å². The van der Waals surface area contributed by atoms with Gasteiger partial charge in [-0.15, -0.1) is 0 Å². The number of para-hydroxylation sites is 2. The third kappa shape index (κ3) is 4.34. The Balaban J connectivity index is 1.22. The summed E-state index contributed by atoms with van der Waals surface area (Å²) in [5.41, 5.74) is 11.2. The maximum absolute atomic E-state index is 13.3. The second kappa shape index (κ2) is 9.05. The molecule has 0 radical (unpaired) electrons. The fourth-order valence-corrected chi connectivity index (χ4v) is 4.86. The number of hydrogen-bond donors (Lipinski definition) is 1. The molecule has 1 saturated heterocycles. The molecule has 5 rings (SSSR count). The Morgan fingerprint density at radius 3 is 2.47 bits per heavy atom. The van der Waals surface area contributed by atoms with Gasteiger partial charge >= 0.3 is 5.97 Å². The summed E-state index contributed by atoms with van der Waals surface area (Å²) in [6, 6.07) is 26.1. The SMILES string of the molecule is Nc1cccc(CN2CCC(OC(=O)C3Cc4ccccc4N3c3ccccc3)CC2)c1. The summed E-state index contributed by atoms with van der Waals surface area (Å²) in [4.78, 5) is 17.8. The van der Waals surface area contributed by atoms with Crippen molar-refractivity contribution in [1.82, 2.24) is 4.90 Å². The predicted molar refractivity (Wildman–Crippen MR) is 128 cm³/mol. The van der Waals surface area contributed by atoms with E-state index < -0.39 is 0 Å². The van der Waals surface area contributed by atoms with E-state index in [1.807, 2.05) is 48.5 Å². The van der Waals surface area contributed by atoms with E-state index in [2.05, 4.69) is 40.1 Å². The molecule has 0 aliphatic carbocycles. The number of ether oxygens (including phenoxy) is 1. The minimum Gasteiger partial charge on any atom is -0.461 e. The highest BCUT2D eigenvalue weighted by atomic mass is 16.5. The van der Waals surface area contributed by atoms with Gasteiger partial charge in [-0.1, -0.05) is 48.5 Å². The molecule has 3 aromatic carbocycles. The Kier molecular flexibility index (Phi) is 5.82. The van der Waals surface area contributed by atoms with Crippen molar-refractivity contribution in [3.8, 4) is 0 Å². The third-order valence-corrected chi connectivity index (χ3v) is 6.46. The molecule has 164 valence electrons. The molecule has 32 heavy (non-hydrogen) atoms. The van der Waals surface area contributed by atoms with Crippen molar-refractivity contribution < 1.29 is 9.53 Å². The van der Waals surface area contributed by atoms with Crippen LogP contribution in [-0.4, -0.2) is 36.1 Å². The van der Waals surface area contributed by atoms with E-state index in [-0.39, 0.29) is 18.1 Å². The molecule has 2 heterocycles. The topological polar surface area (TPSA) is 58.8 Å². The van der Waals surface area contributed by atoms with Gasteiger partial charge in [0, 0.05) is 43.1 Å². The van der Waals surface area contributed by atoms with Gasteiger partial charge < -0.3 is 15.4 Å². The first kappa shape index (κ1) is 20.6. The molecule has 5 nitrogen and oxygen atoms in total. The van der Waals surface area contributed by atoms with Gasteiger partial charge in [-0.3, -0.25) is 4.90 Å². The van der Waals surface area contributed by atoms with Gasteiger partial charge in [-0.25, -0.2) is 4.79 Å². The lowest BCUT2D eigenvalue weighted by atomic mass is 10.1. The van der Waals surface area contributed by atoms with E-state index in [1.54, 1.807) is 0 Å². The number of carbonyl (C=O) groups excluding carboxylic acids is 1. The molecule has 0 saturated carbocycles. The zero-order valence-corrected chi connectivity index (χ0v) is 18.2. The Labute approximate surface area is 189 Å². The van der Waals surface area contributed by atoms with Crippen molar-refractivity contribution in [2.24, 2.45) is 0 Å². The average Bonchev–Trinajstić information content (AvgIpc) is 3.21. The lowest BCUT2D eigenvalue weighted by Crippen LogP contribution is -2.42. The molecule has 2 aliphatic heterocycles. The number of carbonyl (C=O) groups is 1. The first-order chi connectivity index (χ1) is 15.7. The number of rotatable bonds is 5. The molecule has 5 heteroatoms. The molecule has 2 N–H and O–H groups in total. The van der Waals surface area contributed by atoms with Crippen LogP contribution >= 0.6 is 0 Å². The first-order valence-corrected chi connectivity index (χ1v) is 11.4. The molecule has 2 aliphatic rings. The van der Waals surface area contributed by atoms with Crippen LogP contribution in [0.4, 0.5) is 17.1 Å². The van der Waals surface area contributed by atoms with Gasteiger partial charge in [-0.05, 0) is 54.3 Å². The second-order valence-corrected chi connectivity index (χ2v) is 8.71. The lowest BCUT2D eigenvalue weighted by Gasteiger charge is -2.33. The van der Waals surface area contributed by atoms with Gasteiger partial charge in [0.15, 0.2) is 0 Å². The van der Waals surface area contributed by atoms with Crippen LogP contribution in [0.25, 0.3) is 0 Å². The Morgan fingerprint density at radius 1 is 0.938 bits per heavy atom. The molecule has 3 aromatic rings. The summed E-state index contributed by atoms with van der Waals surface area (Å²) < 4.78 is 6.05. The molecule has 0 bridgehead atoms. The van der Waals surface area contributed by atoms with Gasteiger partial charge in [0.1, 0.15) is 12.1 Å². The van der Waals surface area contributed by atoms with E-state index in [4.69, 9.17) is 10.5 Å². The number of nitrogens with zero attached hydrogens (tertiary/aromatic N) is 2. The van der Waals surface area contributed by atoms with Gasteiger partial charge in [-0.2, -0.15) is 0 Å². The zero-order chi connectivity index (χ0) is 21.9. The van der Waals surface area contributed by atoms with Crippen LogP contribution in [0.2, 0.25) is 0 Å². The molecular weight excluding hydrogens is 398 g/mol. The highest BCUT2D eigenvalue weighted by Gasteiger charge is 2.37. The summed E-state index contributed by atoms with van der Waals surface area (Å²) >= 11 is 0. The van der Waals surface area contributed by atoms with Crippen molar-refractivity contribution in [2.45, 2.75) is 38.0 Å². The van der Waals surface area contributed by atoms with Gasteiger partial charge in [0.05, 0.1) is 0 Å². The predicted octanol–water partition coefficient (Wildman–Crippen LogP) is 4.54. The quantitative estimate of drug-likeness (QED) is 0.479. The highest BCUT2D eigenvalue weighted by molar-refractivity contribution is 5.88. The fraction of sp³-hybridized carbons (Fsp3) is 0.296. The van der Waals surface area contributed by atoms with Crippen molar-refractivity contribution in [2.75, 3.05) is 23.7 Å². The summed E-state index contributed by atoms with van der Waals surface area (Å²) in [6.07, 6.45) is 2.37. The van der Waals surface area contributed by atoms with Crippen molar-refractivity contribution in [3.05, 3.63) is 90.0 Å². The van der Waals surface area contributed by atoms with Gasteiger partial charge in [0.25, 0.3) is 0 Å². The number of fused-ring (bicyclic) bond motifs is 1. The third-order valence-electron chi connectivity index (χ3n) is 6.46. The standard InChI is InChI=1S/C27H29N3O2/c28-22-9-6-7-20(17-22)19-29-15-13-24(14-16-29)32-27(31)26-18-21-8-4-5-12-25(21)30(26)23-10-2-1-3-11-23/h1-12,17,24,26H,13-16,18-19,28H2. The first-order valence-electron chi connectivity index (χ1n) is 11.4. The largest absolute Gasteiger partial charge is 0.461 e. The maximum atomic E-state index is 13.3. The zero-order valence-electron chi connectivity index (χ0n) is 18.2. The number of benzene rings is 3. The normalized spacial score (nSPS) is 19.0. The minimum atomic E-state index is -0.319. The van der Waals surface area contributed by atoms with Crippen LogP contribution in [0.5, 0.6) is 0 Å².